The van der Waals surface area contributed by atoms with Crippen molar-refractivity contribution in [3.8, 4) is 0 Å². The summed E-state index contributed by atoms with van der Waals surface area (Å²) in [7, 11) is 0. The Morgan fingerprint density at radius 3 is 2.79 bits per heavy atom. The highest BCUT2D eigenvalue weighted by atomic mass is 16.5. The minimum atomic E-state index is -0.311. The molecule has 0 unspecified atom stereocenters. The van der Waals surface area contributed by atoms with E-state index in [4.69, 9.17) is 10.3 Å². The topological polar surface area (TPSA) is 61.2 Å². The van der Waals surface area contributed by atoms with Crippen LogP contribution in [-0.2, 0) is 0 Å². The average molecular weight is 192 g/mol. The van der Waals surface area contributed by atoms with Gasteiger partial charge in [-0.3, -0.25) is 0 Å². The van der Waals surface area contributed by atoms with Gasteiger partial charge in [-0.25, -0.2) is 9.53 Å². The number of hydrogen-bond acceptors (Lipinski definition) is 3. The first kappa shape index (κ1) is 8.87. The fourth-order valence-corrected chi connectivity index (χ4v) is 1.47. The summed E-state index contributed by atoms with van der Waals surface area (Å²) in [6.45, 7) is 3.90. The van der Waals surface area contributed by atoms with E-state index in [2.05, 4.69) is 0 Å². The largest absolute Gasteiger partial charge is 0.399 e. The van der Waals surface area contributed by atoms with Gasteiger partial charge in [0.2, 0.25) is 0 Å². The van der Waals surface area contributed by atoms with Crippen molar-refractivity contribution in [1.82, 2.24) is 4.74 Å². The Balaban J connectivity index is 2.86. The van der Waals surface area contributed by atoms with Gasteiger partial charge < -0.3 is 10.3 Å². The van der Waals surface area contributed by atoms with Crippen LogP contribution in [0.3, 0.4) is 0 Å². The zero-order valence-electron chi connectivity index (χ0n) is 8.15. The third-order valence-electron chi connectivity index (χ3n) is 2.13. The summed E-state index contributed by atoms with van der Waals surface area (Å²) in [6, 6.07) is 5.25. The Morgan fingerprint density at radius 1 is 1.43 bits per heavy atom. The van der Waals surface area contributed by atoms with Gasteiger partial charge in [0.05, 0.1) is 16.9 Å². The van der Waals surface area contributed by atoms with E-state index < -0.39 is 0 Å². The maximum Gasteiger partial charge on any atom is 0.365 e. The number of nitrogen functional groups attached to an aromatic ring is 1. The maximum atomic E-state index is 11.4. The van der Waals surface area contributed by atoms with E-state index in [1.807, 2.05) is 13.8 Å². The van der Waals surface area contributed by atoms with Crippen molar-refractivity contribution in [3.05, 3.63) is 28.6 Å². The van der Waals surface area contributed by atoms with E-state index >= 15 is 0 Å². The van der Waals surface area contributed by atoms with Crippen LogP contribution >= 0.6 is 0 Å². The van der Waals surface area contributed by atoms with E-state index in [0.29, 0.717) is 11.1 Å². The number of hydrogen-bond donors (Lipinski definition) is 1. The average Bonchev–Trinajstić information content (AvgIpc) is 2.43. The number of rotatable bonds is 1. The van der Waals surface area contributed by atoms with Gasteiger partial charge in [0.1, 0.15) is 0 Å². The van der Waals surface area contributed by atoms with Crippen LogP contribution in [0, 0.1) is 0 Å². The Kier molecular flexibility index (Phi) is 1.84. The van der Waals surface area contributed by atoms with Crippen LogP contribution in [0.25, 0.3) is 10.9 Å². The van der Waals surface area contributed by atoms with Gasteiger partial charge in [0, 0.05) is 5.69 Å². The molecule has 2 rings (SSSR count). The lowest BCUT2D eigenvalue weighted by Gasteiger charge is -2.05. The van der Waals surface area contributed by atoms with Crippen molar-refractivity contribution in [2.45, 2.75) is 19.9 Å². The zero-order valence-corrected chi connectivity index (χ0v) is 8.15. The lowest BCUT2D eigenvalue weighted by molar-refractivity contribution is 0.234. The van der Waals surface area contributed by atoms with Crippen molar-refractivity contribution >= 4 is 16.6 Å². The summed E-state index contributed by atoms with van der Waals surface area (Å²) in [5, 5.41) is 0.577. The summed E-state index contributed by atoms with van der Waals surface area (Å²) in [5.74, 6) is 0. The number of fused-ring (bicyclic) bond motifs is 1. The minimum Gasteiger partial charge on any atom is -0.399 e. The Labute approximate surface area is 80.9 Å². The molecule has 4 heteroatoms. The number of aromatic nitrogens is 1. The molecule has 0 saturated heterocycles. The molecule has 0 aliphatic rings. The van der Waals surface area contributed by atoms with Crippen LogP contribution in [0.5, 0.6) is 0 Å². The van der Waals surface area contributed by atoms with Crippen LogP contribution in [0.2, 0.25) is 0 Å². The Morgan fingerprint density at radius 2 is 2.14 bits per heavy atom. The highest BCUT2D eigenvalue weighted by molar-refractivity contribution is 5.81. The molecule has 74 valence electrons. The molecule has 0 fully saturated rings. The van der Waals surface area contributed by atoms with Crippen molar-refractivity contribution in [2.75, 3.05) is 5.73 Å². The Hall–Kier alpha value is -1.71. The third-order valence-corrected chi connectivity index (χ3v) is 2.13. The second-order valence-electron chi connectivity index (χ2n) is 3.57. The predicted molar refractivity (Wildman–Crippen MR) is 55.3 cm³/mol. The van der Waals surface area contributed by atoms with Crippen LogP contribution in [-0.4, -0.2) is 4.74 Å². The van der Waals surface area contributed by atoms with Crippen LogP contribution in [0.15, 0.2) is 27.5 Å². The number of nitrogens with two attached hydrogens (primary N) is 1. The SMILES string of the molecule is CC(C)n1oc(=O)c2ccc(N)cc21. The monoisotopic (exact) mass is 192 g/mol. The summed E-state index contributed by atoms with van der Waals surface area (Å²) in [5.41, 5.74) is 6.72. The lowest BCUT2D eigenvalue weighted by atomic mass is 10.2. The Bertz CT molecular complexity index is 522. The molecule has 0 radical (unpaired) electrons. The molecule has 1 heterocycles. The van der Waals surface area contributed by atoms with E-state index in [1.54, 1.807) is 22.9 Å². The fourth-order valence-electron chi connectivity index (χ4n) is 1.47. The second-order valence-corrected chi connectivity index (χ2v) is 3.57. The second kappa shape index (κ2) is 2.90. The van der Waals surface area contributed by atoms with Gasteiger partial charge in [-0.15, -0.1) is 0 Å². The summed E-state index contributed by atoms with van der Waals surface area (Å²) in [4.78, 5) is 11.4. The molecular weight excluding hydrogens is 180 g/mol. The van der Waals surface area contributed by atoms with Crippen molar-refractivity contribution < 1.29 is 4.52 Å². The maximum absolute atomic E-state index is 11.4. The van der Waals surface area contributed by atoms with Gasteiger partial charge in [0.15, 0.2) is 0 Å². The van der Waals surface area contributed by atoms with Crippen molar-refractivity contribution in [2.24, 2.45) is 0 Å². The molecule has 1 aromatic carbocycles. The molecule has 4 nitrogen and oxygen atoms in total. The number of benzene rings is 1. The van der Waals surface area contributed by atoms with Crippen LogP contribution in [0.4, 0.5) is 5.69 Å². The molecule has 0 saturated carbocycles. The van der Waals surface area contributed by atoms with Gasteiger partial charge in [-0.2, -0.15) is 0 Å². The first-order chi connectivity index (χ1) is 6.59. The van der Waals surface area contributed by atoms with Gasteiger partial charge in [-0.1, -0.05) is 0 Å². The first-order valence-electron chi connectivity index (χ1n) is 4.50. The molecule has 0 amide bonds. The predicted octanol–water partition coefficient (Wildman–Crippen LogP) is 1.76. The smallest absolute Gasteiger partial charge is 0.365 e. The van der Waals surface area contributed by atoms with Gasteiger partial charge in [-0.05, 0) is 32.0 Å². The molecule has 0 aliphatic carbocycles. The van der Waals surface area contributed by atoms with E-state index in [1.165, 1.54) is 0 Å². The molecule has 1 aromatic heterocycles. The first-order valence-corrected chi connectivity index (χ1v) is 4.50. The van der Waals surface area contributed by atoms with Crippen LogP contribution < -0.4 is 11.4 Å². The number of anilines is 1. The molecule has 0 atom stereocenters. The normalized spacial score (nSPS) is 11.4. The summed E-state index contributed by atoms with van der Waals surface area (Å²) in [6.07, 6.45) is 0. The van der Waals surface area contributed by atoms with E-state index in [-0.39, 0.29) is 11.7 Å². The number of nitrogens with zero attached hydrogens (tertiary/aromatic N) is 1. The third kappa shape index (κ3) is 1.19. The molecule has 0 bridgehead atoms. The minimum absolute atomic E-state index is 0.113. The standard InChI is InChI=1S/C10H12N2O2/c1-6(2)12-9-5-7(11)3-4-8(9)10(13)14-12/h3-6H,11H2,1-2H3. The van der Waals surface area contributed by atoms with E-state index in [9.17, 15) is 4.79 Å². The fraction of sp³-hybridized carbons (Fsp3) is 0.300. The summed E-state index contributed by atoms with van der Waals surface area (Å²) < 4.78 is 6.66. The van der Waals surface area contributed by atoms with Gasteiger partial charge >= 0.3 is 5.63 Å². The highest BCUT2D eigenvalue weighted by Crippen LogP contribution is 2.18. The molecular formula is C10H12N2O2. The highest BCUT2D eigenvalue weighted by Gasteiger charge is 2.10. The molecule has 0 spiro atoms. The van der Waals surface area contributed by atoms with Crippen molar-refractivity contribution in [3.63, 3.8) is 0 Å². The molecule has 2 N–H and O–H groups in total. The summed E-state index contributed by atoms with van der Waals surface area (Å²) >= 11 is 0. The van der Waals surface area contributed by atoms with Gasteiger partial charge in [0.25, 0.3) is 0 Å². The molecule has 0 aliphatic heterocycles. The molecule has 2 aromatic rings. The quantitative estimate of drug-likeness (QED) is 0.700. The van der Waals surface area contributed by atoms with Crippen LogP contribution in [0.1, 0.15) is 19.9 Å². The molecule has 14 heavy (non-hydrogen) atoms. The lowest BCUT2D eigenvalue weighted by Crippen LogP contribution is -1.99. The van der Waals surface area contributed by atoms with Crippen molar-refractivity contribution in [1.29, 1.82) is 0 Å². The van der Waals surface area contributed by atoms with E-state index in [0.717, 1.165) is 5.52 Å². The zero-order chi connectivity index (χ0) is 10.3.